The summed E-state index contributed by atoms with van der Waals surface area (Å²) in [7, 11) is 0. The Morgan fingerprint density at radius 3 is 3.36 bits per heavy atom. The molecular weight excluding hydrogens is 164 g/mol. The topological polar surface area (TPSA) is 57.0 Å². The lowest BCUT2D eigenvalue weighted by Gasteiger charge is -1.93. The van der Waals surface area contributed by atoms with Crippen molar-refractivity contribution in [3.05, 3.63) is 16.4 Å². The van der Waals surface area contributed by atoms with Gasteiger partial charge in [0.25, 0.3) is 0 Å². The van der Waals surface area contributed by atoms with Gasteiger partial charge in [-0.25, -0.2) is 4.79 Å². The average Bonchev–Trinajstić information content (AvgIpc) is 2.34. The molecule has 0 atom stereocenters. The summed E-state index contributed by atoms with van der Waals surface area (Å²) >= 11 is 1.58. The number of fused-ring (bicyclic) bond motifs is 1. The molecule has 1 aliphatic rings. The van der Waals surface area contributed by atoms with Crippen LogP contribution in [0.15, 0.2) is 15.9 Å². The molecular formula is C6H7N2O2S+. The van der Waals surface area contributed by atoms with Gasteiger partial charge in [0, 0.05) is 5.75 Å². The van der Waals surface area contributed by atoms with Gasteiger partial charge < -0.3 is 5.11 Å². The van der Waals surface area contributed by atoms with E-state index in [1.807, 2.05) is 0 Å². The second-order valence-corrected chi connectivity index (χ2v) is 3.41. The van der Waals surface area contributed by atoms with Crippen molar-refractivity contribution in [1.82, 2.24) is 4.98 Å². The second-order valence-electron chi connectivity index (χ2n) is 2.30. The quantitative estimate of drug-likeness (QED) is 0.407. The minimum atomic E-state index is -0.247. The molecule has 4 nitrogen and oxygen atoms in total. The summed E-state index contributed by atoms with van der Waals surface area (Å²) in [5.74, 6) is 0.921. The van der Waals surface area contributed by atoms with E-state index in [1.165, 1.54) is 6.07 Å². The highest BCUT2D eigenvalue weighted by atomic mass is 32.2. The molecule has 5 heteroatoms. The first kappa shape index (κ1) is 6.72. The predicted molar refractivity (Wildman–Crippen MR) is 39.6 cm³/mol. The zero-order valence-corrected chi connectivity index (χ0v) is 6.52. The van der Waals surface area contributed by atoms with E-state index in [0.717, 1.165) is 17.3 Å². The molecule has 0 saturated heterocycles. The van der Waals surface area contributed by atoms with E-state index in [2.05, 4.69) is 4.98 Å². The first-order valence-electron chi connectivity index (χ1n) is 3.26. The maximum atomic E-state index is 10.8. The Bertz CT molecular complexity index is 347. The third-order valence-electron chi connectivity index (χ3n) is 1.58. The standard InChI is InChI=1S/C6H6N2O2S/c9-4-3-5-8(1-2-11-5)6(10)7-4/h3H,1-2H2,(H,7,9,10)/p+1. The molecule has 1 aliphatic heterocycles. The smallest absolute Gasteiger partial charge is 0.446 e. The Morgan fingerprint density at radius 1 is 1.73 bits per heavy atom. The van der Waals surface area contributed by atoms with Gasteiger partial charge in [-0.05, 0) is 0 Å². The van der Waals surface area contributed by atoms with Gasteiger partial charge in [0.1, 0.15) is 6.54 Å². The summed E-state index contributed by atoms with van der Waals surface area (Å²) < 4.78 is 1.69. The first-order valence-corrected chi connectivity index (χ1v) is 4.25. The molecule has 0 saturated carbocycles. The molecule has 2 heterocycles. The summed E-state index contributed by atoms with van der Waals surface area (Å²) in [6.07, 6.45) is 0. The highest BCUT2D eigenvalue weighted by Gasteiger charge is 2.21. The van der Waals surface area contributed by atoms with Crippen molar-refractivity contribution < 1.29 is 9.67 Å². The Morgan fingerprint density at radius 2 is 2.55 bits per heavy atom. The van der Waals surface area contributed by atoms with Gasteiger partial charge in [-0.15, -0.1) is 0 Å². The minimum Gasteiger partial charge on any atom is -0.446 e. The SMILES string of the molecule is O=c1cc2[n+](c(O)[nH]1)CCS2. The molecule has 58 valence electrons. The maximum absolute atomic E-state index is 10.8. The zero-order chi connectivity index (χ0) is 7.84. The molecule has 2 N–H and O–H groups in total. The van der Waals surface area contributed by atoms with Crippen molar-refractivity contribution in [2.45, 2.75) is 11.6 Å². The fourth-order valence-corrected chi connectivity index (χ4v) is 2.09. The van der Waals surface area contributed by atoms with Crippen LogP contribution >= 0.6 is 11.8 Å². The van der Waals surface area contributed by atoms with E-state index in [1.54, 1.807) is 16.3 Å². The van der Waals surface area contributed by atoms with Crippen LogP contribution in [0.5, 0.6) is 6.01 Å². The average molecular weight is 171 g/mol. The number of nitrogens with one attached hydrogen (secondary N) is 1. The number of aromatic hydroxyl groups is 1. The molecule has 2 rings (SSSR count). The maximum Gasteiger partial charge on any atom is 0.455 e. The van der Waals surface area contributed by atoms with E-state index in [9.17, 15) is 9.90 Å². The molecule has 0 unspecified atom stereocenters. The molecule has 0 amide bonds. The lowest BCUT2D eigenvalue weighted by atomic mass is 10.6. The lowest BCUT2D eigenvalue weighted by molar-refractivity contribution is -0.731. The summed E-state index contributed by atoms with van der Waals surface area (Å²) in [5.41, 5.74) is -0.247. The van der Waals surface area contributed by atoms with Gasteiger partial charge in [-0.2, -0.15) is 9.55 Å². The summed E-state index contributed by atoms with van der Waals surface area (Å²) in [6, 6.07) is 1.45. The van der Waals surface area contributed by atoms with Crippen LogP contribution in [-0.4, -0.2) is 15.8 Å². The number of thioether (sulfide) groups is 1. The molecule has 0 fully saturated rings. The number of H-pyrrole nitrogens is 1. The number of hydrogen-bond donors (Lipinski definition) is 2. The Hall–Kier alpha value is -0.970. The van der Waals surface area contributed by atoms with Crippen LogP contribution in [0.25, 0.3) is 0 Å². The van der Waals surface area contributed by atoms with Crippen LogP contribution in [0.3, 0.4) is 0 Å². The summed E-state index contributed by atoms with van der Waals surface area (Å²) in [6.45, 7) is 0.766. The van der Waals surface area contributed by atoms with Gasteiger partial charge in [-0.3, -0.25) is 0 Å². The number of aromatic amines is 1. The highest BCUT2D eigenvalue weighted by Crippen LogP contribution is 2.18. The van der Waals surface area contributed by atoms with Crippen molar-refractivity contribution in [3.8, 4) is 6.01 Å². The summed E-state index contributed by atoms with van der Waals surface area (Å²) in [4.78, 5) is 13.1. The molecule has 0 bridgehead atoms. The van der Waals surface area contributed by atoms with Crippen molar-refractivity contribution in [2.75, 3.05) is 5.75 Å². The third kappa shape index (κ3) is 1.01. The van der Waals surface area contributed by atoms with E-state index < -0.39 is 0 Å². The largest absolute Gasteiger partial charge is 0.455 e. The lowest BCUT2D eigenvalue weighted by Crippen LogP contribution is -2.36. The molecule has 11 heavy (non-hydrogen) atoms. The Kier molecular flexibility index (Phi) is 1.38. The van der Waals surface area contributed by atoms with Crippen molar-refractivity contribution in [3.63, 3.8) is 0 Å². The first-order chi connectivity index (χ1) is 5.27. The van der Waals surface area contributed by atoms with Crippen LogP contribution in [0, 0.1) is 0 Å². The van der Waals surface area contributed by atoms with Gasteiger partial charge >= 0.3 is 11.6 Å². The minimum absolute atomic E-state index is 0.0440. The van der Waals surface area contributed by atoms with Gasteiger partial charge in [0.05, 0.1) is 6.07 Å². The Balaban J connectivity index is 2.70. The van der Waals surface area contributed by atoms with Gasteiger partial charge in [0.15, 0.2) is 5.03 Å². The van der Waals surface area contributed by atoms with Crippen LogP contribution < -0.4 is 10.1 Å². The number of aromatic nitrogens is 2. The zero-order valence-electron chi connectivity index (χ0n) is 5.70. The molecule has 1 aromatic heterocycles. The fraction of sp³-hybridized carbons (Fsp3) is 0.333. The predicted octanol–water partition coefficient (Wildman–Crippen LogP) is -0.526. The highest BCUT2D eigenvalue weighted by molar-refractivity contribution is 7.99. The van der Waals surface area contributed by atoms with Crippen molar-refractivity contribution in [2.24, 2.45) is 0 Å². The normalized spacial score (nSPS) is 14.9. The monoisotopic (exact) mass is 171 g/mol. The van der Waals surface area contributed by atoms with Crippen LogP contribution in [0.4, 0.5) is 0 Å². The van der Waals surface area contributed by atoms with E-state index in [-0.39, 0.29) is 11.6 Å². The number of rotatable bonds is 0. The van der Waals surface area contributed by atoms with E-state index in [0.29, 0.717) is 0 Å². The number of hydrogen-bond acceptors (Lipinski definition) is 3. The summed E-state index contributed by atoms with van der Waals surface area (Å²) in [5, 5.41) is 10.0. The fourth-order valence-electron chi connectivity index (χ4n) is 1.09. The van der Waals surface area contributed by atoms with Crippen LogP contribution in [0.1, 0.15) is 0 Å². The van der Waals surface area contributed by atoms with Gasteiger partial charge in [0.2, 0.25) is 0 Å². The van der Waals surface area contributed by atoms with Crippen molar-refractivity contribution in [1.29, 1.82) is 0 Å². The second kappa shape index (κ2) is 2.27. The number of nitrogens with zero attached hydrogens (tertiary/aromatic N) is 1. The van der Waals surface area contributed by atoms with Crippen LogP contribution in [0.2, 0.25) is 0 Å². The molecule has 0 aromatic carbocycles. The van der Waals surface area contributed by atoms with Gasteiger partial charge in [-0.1, -0.05) is 11.8 Å². The molecule has 0 spiro atoms. The van der Waals surface area contributed by atoms with E-state index in [4.69, 9.17) is 0 Å². The van der Waals surface area contributed by atoms with E-state index >= 15 is 0 Å². The van der Waals surface area contributed by atoms with Crippen molar-refractivity contribution >= 4 is 11.8 Å². The molecule has 0 radical (unpaired) electrons. The third-order valence-corrected chi connectivity index (χ3v) is 2.60. The van der Waals surface area contributed by atoms with Crippen LogP contribution in [-0.2, 0) is 6.54 Å². The molecule has 1 aromatic rings. The molecule has 0 aliphatic carbocycles. The Labute approximate surface area is 66.9 Å².